The minimum Gasteiger partial charge on any atom is -0.358 e. The Morgan fingerprint density at radius 1 is 1.39 bits per heavy atom. The summed E-state index contributed by atoms with van der Waals surface area (Å²) in [6.45, 7) is 1.92. The molecule has 1 aromatic heterocycles. The van der Waals surface area contributed by atoms with Gasteiger partial charge in [-0.25, -0.2) is 9.97 Å². The Bertz CT molecular complexity index is 589. The lowest BCUT2D eigenvalue weighted by Gasteiger charge is -2.03. The monoisotopic (exact) mass is 246 g/mol. The molecule has 0 unspecified atom stereocenters. The predicted octanol–water partition coefficient (Wildman–Crippen LogP) is 1.88. The number of imidazole rings is 1. The van der Waals surface area contributed by atoms with E-state index in [1.54, 1.807) is 12.1 Å². The van der Waals surface area contributed by atoms with Gasteiger partial charge in [0.1, 0.15) is 0 Å². The van der Waals surface area contributed by atoms with E-state index < -0.39 is 16.6 Å². The van der Waals surface area contributed by atoms with E-state index in [0.29, 0.717) is 5.69 Å². The van der Waals surface area contributed by atoms with Gasteiger partial charge >= 0.3 is 5.82 Å². The van der Waals surface area contributed by atoms with Crippen LogP contribution in [0, 0.1) is 17.0 Å². The molecular formula is C11H10N4O3. The third-order valence-corrected chi connectivity index (χ3v) is 2.33. The first-order chi connectivity index (χ1) is 8.58. The molecule has 0 aliphatic rings. The second-order valence-electron chi connectivity index (χ2n) is 3.68. The molecule has 0 saturated carbocycles. The number of aryl methyl sites for hydroxylation is 1. The number of amides is 1. The number of carbonyl (C=O) groups is 1. The van der Waals surface area contributed by atoms with Crippen LogP contribution in [-0.4, -0.2) is 20.8 Å². The van der Waals surface area contributed by atoms with Crippen LogP contribution in [0.1, 0.15) is 16.1 Å². The average Bonchev–Trinajstić information content (AvgIpc) is 2.81. The molecule has 1 amide bonds. The van der Waals surface area contributed by atoms with Gasteiger partial charge in [0.15, 0.2) is 6.33 Å². The topological polar surface area (TPSA) is 101 Å². The van der Waals surface area contributed by atoms with Crippen LogP contribution in [0.5, 0.6) is 0 Å². The summed E-state index contributed by atoms with van der Waals surface area (Å²) in [5.41, 5.74) is 1.38. The molecule has 0 atom stereocenters. The maximum atomic E-state index is 11.8. The fraction of sp³-hybridized carbons (Fsp3) is 0.0909. The zero-order valence-corrected chi connectivity index (χ0v) is 9.51. The molecule has 7 nitrogen and oxygen atoms in total. The van der Waals surface area contributed by atoms with Gasteiger partial charge in [-0.3, -0.25) is 4.79 Å². The van der Waals surface area contributed by atoms with Crippen LogP contribution in [0.25, 0.3) is 0 Å². The van der Waals surface area contributed by atoms with Gasteiger partial charge < -0.3 is 15.4 Å². The number of aromatic nitrogens is 2. The number of nitrogens with one attached hydrogen (secondary N) is 2. The third-order valence-electron chi connectivity index (χ3n) is 2.33. The van der Waals surface area contributed by atoms with Gasteiger partial charge in [-0.15, -0.1) is 0 Å². The maximum absolute atomic E-state index is 11.8. The number of benzene rings is 1. The predicted molar refractivity (Wildman–Crippen MR) is 64.4 cm³/mol. The largest absolute Gasteiger partial charge is 0.358 e. The summed E-state index contributed by atoms with van der Waals surface area (Å²) in [5, 5.41) is 13.2. The lowest BCUT2D eigenvalue weighted by molar-refractivity contribution is -0.389. The van der Waals surface area contributed by atoms with Crippen molar-refractivity contribution in [3.63, 3.8) is 0 Å². The van der Waals surface area contributed by atoms with Crippen molar-refractivity contribution in [1.29, 1.82) is 0 Å². The molecule has 0 radical (unpaired) electrons. The number of aromatic amines is 1. The van der Waals surface area contributed by atoms with Gasteiger partial charge in [-0.1, -0.05) is 17.7 Å². The van der Waals surface area contributed by atoms with Gasteiger partial charge in [0.25, 0.3) is 5.91 Å². The van der Waals surface area contributed by atoms with E-state index in [1.165, 1.54) is 0 Å². The Morgan fingerprint density at radius 3 is 2.67 bits per heavy atom. The van der Waals surface area contributed by atoms with Crippen molar-refractivity contribution in [2.75, 3.05) is 5.32 Å². The molecule has 0 aliphatic heterocycles. The highest BCUT2D eigenvalue weighted by Gasteiger charge is 2.22. The Morgan fingerprint density at radius 2 is 2.06 bits per heavy atom. The zero-order valence-electron chi connectivity index (χ0n) is 9.51. The number of nitro groups is 1. The summed E-state index contributed by atoms with van der Waals surface area (Å²) in [6, 6.07) is 7.08. The van der Waals surface area contributed by atoms with Crippen LogP contribution in [0.4, 0.5) is 11.5 Å². The van der Waals surface area contributed by atoms with Crippen LogP contribution >= 0.6 is 0 Å². The van der Waals surface area contributed by atoms with E-state index in [-0.39, 0.29) is 5.69 Å². The summed E-state index contributed by atoms with van der Waals surface area (Å²) in [6.07, 6.45) is 1.11. The molecule has 1 heterocycles. The van der Waals surface area contributed by atoms with E-state index in [2.05, 4.69) is 15.3 Å². The SMILES string of the molecule is Cc1ccc(NC(=O)c2nc[nH]c2[N+](=O)[O-])cc1. The van der Waals surface area contributed by atoms with Crippen LogP contribution < -0.4 is 5.32 Å². The molecule has 2 aromatic rings. The van der Waals surface area contributed by atoms with Gasteiger partial charge in [-0.05, 0) is 24.0 Å². The number of H-pyrrole nitrogens is 1. The summed E-state index contributed by atoms with van der Waals surface area (Å²) < 4.78 is 0. The first kappa shape index (κ1) is 11.8. The third kappa shape index (κ3) is 2.34. The number of rotatable bonds is 3. The van der Waals surface area contributed by atoms with E-state index >= 15 is 0 Å². The number of nitrogens with zero attached hydrogens (tertiary/aromatic N) is 2. The van der Waals surface area contributed by atoms with Crippen molar-refractivity contribution < 1.29 is 9.72 Å². The lowest BCUT2D eigenvalue weighted by Crippen LogP contribution is -2.14. The molecule has 0 spiro atoms. The quantitative estimate of drug-likeness (QED) is 0.637. The second-order valence-corrected chi connectivity index (χ2v) is 3.68. The minimum absolute atomic E-state index is 0.236. The van der Waals surface area contributed by atoms with Crippen LogP contribution in [0.2, 0.25) is 0 Å². The summed E-state index contributed by atoms with van der Waals surface area (Å²) in [7, 11) is 0. The summed E-state index contributed by atoms with van der Waals surface area (Å²) in [5.74, 6) is -1.04. The number of hydrogen-bond acceptors (Lipinski definition) is 4. The van der Waals surface area contributed by atoms with Crippen molar-refractivity contribution >= 4 is 17.4 Å². The highest BCUT2D eigenvalue weighted by molar-refractivity contribution is 6.05. The minimum atomic E-state index is -0.683. The first-order valence-corrected chi connectivity index (χ1v) is 5.13. The number of anilines is 1. The summed E-state index contributed by atoms with van der Waals surface area (Å²) >= 11 is 0. The van der Waals surface area contributed by atoms with E-state index in [4.69, 9.17) is 0 Å². The molecule has 92 valence electrons. The van der Waals surface area contributed by atoms with E-state index in [0.717, 1.165) is 11.9 Å². The molecular weight excluding hydrogens is 236 g/mol. The highest BCUT2D eigenvalue weighted by Crippen LogP contribution is 2.15. The Balaban J connectivity index is 2.19. The van der Waals surface area contributed by atoms with Gasteiger partial charge in [0.2, 0.25) is 5.69 Å². The van der Waals surface area contributed by atoms with Crippen molar-refractivity contribution in [2.24, 2.45) is 0 Å². The summed E-state index contributed by atoms with van der Waals surface area (Å²) in [4.78, 5) is 27.7. The zero-order chi connectivity index (χ0) is 13.1. The Hall–Kier alpha value is -2.70. The first-order valence-electron chi connectivity index (χ1n) is 5.13. The standard InChI is InChI=1S/C11H10N4O3/c1-7-2-4-8(5-3-7)14-11(16)9-10(15(17)18)13-6-12-9/h2-6H,1H3,(H,12,13)(H,14,16). The molecule has 0 saturated heterocycles. The lowest BCUT2D eigenvalue weighted by atomic mass is 10.2. The fourth-order valence-electron chi connectivity index (χ4n) is 1.42. The van der Waals surface area contributed by atoms with Crippen LogP contribution in [0.3, 0.4) is 0 Å². The highest BCUT2D eigenvalue weighted by atomic mass is 16.6. The molecule has 0 aliphatic carbocycles. The smallest absolute Gasteiger partial charge is 0.353 e. The van der Waals surface area contributed by atoms with E-state index in [9.17, 15) is 14.9 Å². The molecule has 18 heavy (non-hydrogen) atoms. The Kier molecular flexibility index (Phi) is 3.05. The van der Waals surface area contributed by atoms with Crippen molar-refractivity contribution in [2.45, 2.75) is 6.92 Å². The van der Waals surface area contributed by atoms with Gasteiger partial charge in [0.05, 0.1) is 0 Å². The van der Waals surface area contributed by atoms with Crippen molar-refractivity contribution in [3.8, 4) is 0 Å². The second kappa shape index (κ2) is 4.66. The van der Waals surface area contributed by atoms with Crippen molar-refractivity contribution in [1.82, 2.24) is 9.97 Å². The van der Waals surface area contributed by atoms with Crippen LogP contribution in [0.15, 0.2) is 30.6 Å². The Labute approximate surface area is 102 Å². The molecule has 0 fully saturated rings. The number of hydrogen-bond donors (Lipinski definition) is 2. The average molecular weight is 246 g/mol. The maximum Gasteiger partial charge on any atom is 0.353 e. The molecule has 2 rings (SSSR count). The van der Waals surface area contributed by atoms with Gasteiger partial charge in [-0.2, -0.15) is 0 Å². The number of carbonyl (C=O) groups excluding carboxylic acids is 1. The molecule has 2 N–H and O–H groups in total. The van der Waals surface area contributed by atoms with E-state index in [1.807, 2.05) is 19.1 Å². The normalized spacial score (nSPS) is 10.1. The van der Waals surface area contributed by atoms with Gasteiger partial charge in [0, 0.05) is 5.69 Å². The van der Waals surface area contributed by atoms with Crippen LogP contribution in [-0.2, 0) is 0 Å². The fourth-order valence-corrected chi connectivity index (χ4v) is 1.42. The van der Waals surface area contributed by atoms with Crippen molar-refractivity contribution in [3.05, 3.63) is 52.0 Å². The molecule has 0 bridgehead atoms. The molecule has 1 aromatic carbocycles. The molecule has 7 heteroatoms.